The smallest absolute Gasteiger partial charge is 0.407 e. The monoisotopic (exact) mass is 344 g/mol. The highest BCUT2D eigenvalue weighted by molar-refractivity contribution is 7.84. The third kappa shape index (κ3) is 7.48. The first-order valence-electron chi connectivity index (χ1n) is 8.20. The number of rotatable bonds is 6. The van der Waals surface area contributed by atoms with E-state index < -0.39 is 11.0 Å². The van der Waals surface area contributed by atoms with Crippen molar-refractivity contribution in [3.8, 4) is 0 Å². The van der Waals surface area contributed by atoms with Crippen LogP contribution in [0, 0.1) is 5.92 Å². The molecule has 0 saturated heterocycles. The summed E-state index contributed by atoms with van der Waals surface area (Å²) < 4.78 is 20.4. The Hall–Kier alpha value is -0.880. The molecule has 0 aromatic carbocycles. The number of ether oxygens (including phenoxy) is 1. The molecule has 1 aliphatic rings. The van der Waals surface area contributed by atoms with Gasteiger partial charge in [-0.1, -0.05) is 6.08 Å². The fourth-order valence-electron chi connectivity index (χ4n) is 2.32. The lowest BCUT2D eigenvalue weighted by Gasteiger charge is -2.37. The molecule has 2 N–H and O–H groups in total. The van der Waals surface area contributed by atoms with Crippen LogP contribution in [0.1, 0.15) is 60.8 Å². The van der Waals surface area contributed by atoms with Crippen LogP contribution in [0.15, 0.2) is 12.7 Å². The Bertz CT molecular complexity index is 446. The van der Waals surface area contributed by atoms with Crippen molar-refractivity contribution in [2.75, 3.05) is 0 Å². The molecule has 134 valence electrons. The summed E-state index contributed by atoms with van der Waals surface area (Å²) in [5, 5.41) is 2.80. The van der Waals surface area contributed by atoms with Crippen LogP contribution >= 0.6 is 0 Å². The minimum atomic E-state index is -1.11. The van der Waals surface area contributed by atoms with Crippen LogP contribution in [0.4, 0.5) is 4.79 Å². The van der Waals surface area contributed by atoms with Crippen LogP contribution in [0.5, 0.6) is 0 Å². The van der Waals surface area contributed by atoms with E-state index in [1.54, 1.807) is 0 Å². The summed E-state index contributed by atoms with van der Waals surface area (Å²) in [4.78, 5) is 11.7. The maximum Gasteiger partial charge on any atom is 0.407 e. The van der Waals surface area contributed by atoms with E-state index in [1.807, 2.05) is 47.6 Å². The lowest BCUT2D eigenvalue weighted by atomic mass is 9.78. The van der Waals surface area contributed by atoms with Gasteiger partial charge in [0.25, 0.3) is 0 Å². The van der Waals surface area contributed by atoms with E-state index >= 15 is 0 Å². The molecule has 1 fully saturated rings. The van der Waals surface area contributed by atoms with Crippen molar-refractivity contribution in [2.24, 2.45) is 5.92 Å². The molecule has 0 spiro atoms. The van der Waals surface area contributed by atoms with Gasteiger partial charge < -0.3 is 10.1 Å². The van der Waals surface area contributed by atoms with Crippen LogP contribution in [0.3, 0.4) is 0 Å². The van der Waals surface area contributed by atoms with Crippen LogP contribution in [0.25, 0.3) is 0 Å². The summed E-state index contributed by atoms with van der Waals surface area (Å²) in [6, 6.07) is 0.0180. The van der Waals surface area contributed by atoms with E-state index in [2.05, 4.69) is 16.6 Å². The second-order valence-electron chi connectivity index (χ2n) is 8.32. The second-order valence-corrected chi connectivity index (χ2v) is 10.3. The Balaban J connectivity index is 2.32. The quantitative estimate of drug-likeness (QED) is 0.727. The number of nitrogens with one attached hydrogen (secondary N) is 2. The van der Waals surface area contributed by atoms with Crippen molar-refractivity contribution in [1.82, 2.24) is 10.0 Å². The van der Waals surface area contributed by atoms with Gasteiger partial charge in [-0.15, -0.1) is 6.58 Å². The molecule has 0 radical (unpaired) electrons. The van der Waals surface area contributed by atoms with Crippen molar-refractivity contribution >= 4 is 17.1 Å². The van der Waals surface area contributed by atoms with Crippen molar-refractivity contribution in [3.63, 3.8) is 0 Å². The number of carbonyl (C=O) groups excluding carboxylic acids is 1. The van der Waals surface area contributed by atoms with Gasteiger partial charge in [-0.25, -0.2) is 13.7 Å². The van der Waals surface area contributed by atoms with Crippen LogP contribution in [-0.4, -0.2) is 32.7 Å². The lowest BCUT2D eigenvalue weighted by Crippen LogP contribution is -2.45. The molecular weight excluding hydrogens is 312 g/mol. The first-order chi connectivity index (χ1) is 10.4. The van der Waals surface area contributed by atoms with Crippen molar-refractivity contribution < 1.29 is 13.7 Å². The van der Waals surface area contributed by atoms with Gasteiger partial charge in [0.15, 0.2) is 0 Å². The Labute approximate surface area is 143 Å². The normalized spacial score (nSPS) is 24.3. The Kier molecular flexibility index (Phi) is 6.83. The first kappa shape index (κ1) is 20.2. The van der Waals surface area contributed by atoms with E-state index in [0.717, 1.165) is 19.3 Å². The number of carbonyl (C=O) groups is 1. The van der Waals surface area contributed by atoms with E-state index in [0.29, 0.717) is 5.92 Å². The van der Waals surface area contributed by atoms with Crippen LogP contribution < -0.4 is 10.0 Å². The molecular formula is C17H32N2O3S. The lowest BCUT2D eigenvalue weighted by molar-refractivity contribution is 0.0108. The average molecular weight is 345 g/mol. The topological polar surface area (TPSA) is 67.4 Å². The van der Waals surface area contributed by atoms with Crippen molar-refractivity contribution in [1.29, 1.82) is 0 Å². The summed E-state index contributed by atoms with van der Waals surface area (Å²) in [7, 11) is -1.11. The highest BCUT2D eigenvalue weighted by Gasteiger charge is 2.34. The molecule has 0 bridgehead atoms. The minimum Gasteiger partial charge on any atom is -0.446 e. The van der Waals surface area contributed by atoms with Gasteiger partial charge in [-0.05, 0) is 66.7 Å². The standard InChI is InChI=1S/C17H32N2O3S/c1-8-13(19-23(21)17(5,6)7)9-12-10-14(11-12)22-15(20)18-16(2,3)4/h8,12-14,19H,1,9-11H2,2-7H3,(H,18,20)/t12?,13-,14?,23?/m0/s1. The zero-order valence-electron chi connectivity index (χ0n) is 15.3. The van der Waals surface area contributed by atoms with Gasteiger partial charge in [0, 0.05) is 11.6 Å². The molecule has 0 aromatic rings. The van der Waals surface area contributed by atoms with E-state index in [9.17, 15) is 9.00 Å². The van der Waals surface area contributed by atoms with E-state index in [4.69, 9.17) is 4.74 Å². The van der Waals surface area contributed by atoms with Gasteiger partial charge in [0.1, 0.15) is 6.10 Å². The molecule has 0 aromatic heterocycles. The maximum atomic E-state index is 12.1. The first-order valence-corrected chi connectivity index (χ1v) is 9.35. The predicted octanol–water partition coefficient (Wildman–Crippen LogP) is 3.29. The van der Waals surface area contributed by atoms with Crippen LogP contribution in [0.2, 0.25) is 0 Å². The zero-order valence-corrected chi connectivity index (χ0v) is 16.1. The third-order valence-electron chi connectivity index (χ3n) is 3.63. The fourth-order valence-corrected chi connectivity index (χ4v) is 3.14. The molecule has 0 heterocycles. The highest BCUT2D eigenvalue weighted by atomic mass is 32.2. The van der Waals surface area contributed by atoms with Gasteiger partial charge in [0.05, 0.1) is 15.7 Å². The Morgan fingerprint density at radius 3 is 2.30 bits per heavy atom. The van der Waals surface area contributed by atoms with Crippen molar-refractivity contribution in [3.05, 3.63) is 12.7 Å². The summed E-state index contributed by atoms with van der Waals surface area (Å²) in [6.07, 6.45) is 4.02. The molecule has 23 heavy (non-hydrogen) atoms. The molecule has 6 heteroatoms. The summed E-state index contributed by atoms with van der Waals surface area (Å²) in [6.45, 7) is 15.4. The molecule has 2 atom stereocenters. The third-order valence-corrected chi connectivity index (χ3v) is 5.26. The number of hydrogen-bond acceptors (Lipinski definition) is 3. The van der Waals surface area contributed by atoms with Gasteiger partial charge >= 0.3 is 6.09 Å². The van der Waals surface area contributed by atoms with Crippen LogP contribution in [-0.2, 0) is 15.7 Å². The van der Waals surface area contributed by atoms with Crippen molar-refractivity contribution in [2.45, 2.75) is 83.2 Å². The summed E-state index contributed by atoms with van der Waals surface area (Å²) in [5.74, 6) is 0.468. The molecule has 0 aliphatic heterocycles. The minimum absolute atomic E-state index is 0.0130. The molecule has 1 amide bonds. The number of hydrogen-bond donors (Lipinski definition) is 2. The Morgan fingerprint density at radius 1 is 1.30 bits per heavy atom. The fraction of sp³-hybridized carbons (Fsp3) is 0.824. The molecule has 1 unspecified atom stereocenters. The second kappa shape index (κ2) is 7.79. The Morgan fingerprint density at radius 2 is 1.87 bits per heavy atom. The molecule has 1 rings (SSSR count). The maximum absolute atomic E-state index is 12.1. The van der Waals surface area contributed by atoms with E-state index in [-0.39, 0.29) is 28.5 Å². The SMILES string of the molecule is C=C[C@@H](CC1CC(OC(=O)NC(C)(C)C)C1)NS(=O)C(C)(C)C. The molecule has 1 saturated carbocycles. The molecule has 5 nitrogen and oxygen atoms in total. The van der Waals surface area contributed by atoms with Gasteiger partial charge in [0.2, 0.25) is 0 Å². The number of amides is 1. The average Bonchev–Trinajstić information content (AvgIpc) is 2.31. The van der Waals surface area contributed by atoms with Gasteiger partial charge in [-0.3, -0.25) is 0 Å². The molecule has 1 aliphatic carbocycles. The highest BCUT2D eigenvalue weighted by Crippen LogP contribution is 2.34. The van der Waals surface area contributed by atoms with E-state index in [1.165, 1.54) is 0 Å². The number of alkyl carbamates (subject to hydrolysis) is 1. The van der Waals surface area contributed by atoms with Gasteiger partial charge in [-0.2, -0.15) is 0 Å². The zero-order chi connectivity index (χ0) is 17.8. The summed E-state index contributed by atoms with van der Waals surface area (Å²) >= 11 is 0. The largest absolute Gasteiger partial charge is 0.446 e. The summed E-state index contributed by atoms with van der Waals surface area (Å²) in [5.41, 5.74) is -0.283. The predicted molar refractivity (Wildman–Crippen MR) is 95.5 cm³/mol.